The van der Waals surface area contributed by atoms with E-state index in [4.69, 9.17) is 27.8 Å². The van der Waals surface area contributed by atoms with Gasteiger partial charge in [0.25, 0.3) is 0 Å². The van der Waals surface area contributed by atoms with Crippen molar-refractivity contribution in [3.05, 3.63) is 106 Å². The van der Waals surface area contributed by atoms with Crippen molar-refractivity contribution >= 4 is 138 Å². The van der Waals surface area contributed by atoms with Gasteiger partial charge in [-0.05, 0) is 111 Å². The van der Waals surface area contributed by atoms with Crippen LogP contribution in [0.5, 0.6) is 0 Å². The van der Waals surface area contributed by atoms with Crippen molar-refractivity contribution in [2.45, 2.75) is 118 Å². The highest BCUT2D eigenvalue weighted by molar-refractivity contribution is 6.77. The van der Waals surface area contributed by atoms with Crippen LogP contribution in [0.2, 0.25) is 118 Å². The minimum atomic E-state index is -2.37. The van der Waals surface area contributed by atoms with Crippen LogP contribution >= 0.6 is 0 Å². The number of ether oxygens (including phenoxy) is 4. The molecular formula is C55H80N6O12Si6. The van der Waals surface area contributed by atoms with E-state index in [2.05, 4.69) is 109 Å². The number of carbonyl (C=O) groups excluding carboxylic acids is 6. The van der Waals surface area contributed by atoms with Crippen molar-refractivity contribution in [3.8, 4) is 0 Å². The summed E-state index contributed by atoms with van der Waals surface area (Å²) in [6.45, 7) is 35.8. The summed E-state index contributed by atoms with van der Waals surface area (Å²) >= 11 is 0. The second-order valence-corrected chi connectivity index (χ2v) is 56.3. The van der Waals surface area contributed by atoms with Crippen molar-refractivity contribution < 1.29 is 56.6 Å². The van der Waals surface area contributed by atoms with Crippen LogP contribution in [0.4, 0.5) is 34.9 Å². The Bertz CT molecular complexity index is 2700. The number of nitrogens with one attached hydrogen (secondary N) is 3. The predicted octanol–water partition coefficient (Wildman–Crippen LogP) is 11.7. The molecule has 0 saturated heterocycles. The van der Waals surface area contributed by atoms with Crippen molar-refractivity contribution in [2.24, 2.45) is 0 Å². The Hall–Kier alpha value is -6.59. The summed E-state index contributed by atoms with van der Waals surface area (Å²) < 4.78 is 33.8. The molecule has 0 spiro atoms. The molecule has 79 heavy (non-hydrogen) atoms. The van der Waals surface area contributed by atoms with Crippen LogP contribution in [-0.4, -0.2) is 125 Å². The monoisotopic (exact) mass is 1180 g/mol. The molecule has 0 aliphatic carbocycles. The lowest BCUT2D eigenvalue weighted by atomic mass is 10.1. The number of hydrogen-bond donors (Lipinski definition) is 3. The standard InChI is InChI=1S/C55H80N6O12Si6/c1-74(2,3)34-68-47(62)44(48(63)69-35-75(4,5)6)31-38-19-25-41(26-20-38)56-53-59-54(57-42-27-21-39(22-28-42)32-45(49(64)70-36-76(7,8)9)50(65)71-37-77(10,11)12)61-55(60-53)58-43-29-23-40(24-30-43)33-46(51(66)72-78(13,14)15)52(67)73-79(16,17)18/h19-33H,34-37H2,1-18H3,(H3,56,57,58,59,60,61). The van der Waals surface area contributed by atoms with Crippen molar-refractivity contribution in [3.63, 3.8) is 0 Å². The van der Waals surface area contributed by atoms with Crippen LogP contribution in [-0.2, 0) is 56.6 Å². The first-order chi connectivity index (χ1) is 36.3. The van der Waals surface area contributed by atoms with E-state index in [1.807, 2.05) is 39.3 Å². The maximum absolute atomic E-state index is 13.3. The van der Waals surface area contributed by atoms with Crippen LogP contribution in [0.15, 0.2) is 89.5 Å². The Labute approximate surface area is 471 Å². The third kappa shape index (κ3) is 25.0. The first-order valence-electron chi connectivity index (χ1n) is 26.0. The Morgan fingerprint density at radius 3 is 0.734 bits per heavy atom. The number of rotatable bonds is 25. The van der Waals surface area contributed by atoms with Crippen molar-refractivity contribution in [1.82, 2.24) is 15.0 Å². The molecule has 1 heterocycles. The summed E-state index contributed by atoms with van der Waals surface area (Å²) in [4.78, 5) is 93.8. The van der Waals surface area contributed by atoms with E-state index < -0.39 is 84.7 Å². The van der Waals surface area contributed by atoms with E-state index in [9.17, 15) is 28.8 Å². The fourth-order valence-electron chi connectivity index (χ4n) is 6.13. The minimum Gasteiger partial charge on any atom is -0.516 e. The van der Waals surface area contributed by atoms with E-state index in [0.717, 1.165) is 0 Å². The average Bonchev–Trinajstić information content (AvgIpc) is 3.31. The lowest BCUT2D eigenvalue weighted by Gasteiger charge is -2.21. The molecule has 0 fully saturated rings. The molecule has 0 unspecified atom stereocenters. The minimum absolute atomic E-state index is 0.122. The highest BCUT2D eigenvalue weighted by Gasteiger charge is 2.32. The molecule has 18 nitrogen and oxygen atoms in total. The van der Waals surface area contributed by atoms with Gasteiger partial charge in [-0.1, -0.05) is 115 Å². The molecule has 1 aromatic heterocycles. The second-order valence-electron chi connectivity index (χ2n) is 25.8. The molecule has 0 radical (unpaired) electrons. The Morgan fingerprint density at radius 2 is 0.544 bits per heavy atom. The van der Waals surface area contributed by atoms with Gasteiger partial charge in [-0.2, -0.15) is 15.0 Å². The van der Waals surface area contributed by atoms with Crippen LogP contribution < -0.4 is 16.0 Å². The molecule has 0 saturated carbocycles. The summed E-state index contributed by atoms with van der Waals surface area (Å²) in [7, 11) is -11.9. The summed E-state index contributed by atoms with van der Waals surface area (Å²) in [6, 6.07) is 20.7. The third-order valence-corrected chi connectivity index (χ3v) is 15.4. The molecular weight excluding hydrogens is 1110 g/mol. The predicted molar refractivity (Wildman–Crippen MR) is 329 cm³/mol. The smallest absolute Gasteiger partial charge is 0.345 e. The SMILES string of the molecule is C[Si](C)(C)COC(=O)C(=Cc1ccc(Nc2nc(Nc3ccc(C=C(C(=O)OC[Si](C)(C)C)C(=O)OC[Si](C)(C)C)cc3)nc(Nc3ccc(C=C(C(=O)O[Si](C)(C)C)C(=O)O[Si](C)(C)C)cc3)n2)cc1)C(=O)OC[Si](C)(C)C. The van der Waals surface area contributed by atoms with Gasteiger partial charge in [0, 0.05) is 17.1 Å². The van der Waals surface area contributed by atoms with Gasteiger partial charge in [0.05, 0.1) is 57.2 Å². The molecule has 24 heteroatoms. The molecule has 0 amide bonds. The van der Waals surface area contributed by atoms with Crippen LogP contribution in [0.1, 0.15) is 16.7 Å². The summed E-state index contributed by atoms with van der Waals surface area (Å²) in [5.41, 5.74) is 2.66. The number of hydrogen-bond acceptors (Lipinski definition) is 18. The normalized spacial score (nSPS) is 11.9. The zero-order valence-corrected chi connectivity index (χ0v) is 55.2. The summed E-state index contributed by atoms with van der Waals surface area (Å²) in [5, 5.41) is 9.64. The summed E-state index contributed by atoms with van der Waals surface area (Å²) in [6.07, 6.45) is 5.31. The molecule has 0 bridgehead atoms. The number of nitrogens with zero attached hydrogens (tertiary/aromatic N) is 3. The topological polar surface area (TPSA) is 233 Å². The van der Waals surface area contributed by atoms with E-state index in [1.165, 1.54) is 18.2 Å². The number of benzene rings is 3. The molecule has 0 aliphatic rings. The van der Waals surface area contributed by atoms with Crippen LogP contribution in [0, 0.1) is 0 Å². The lowest BCUT2D eigenvalue weighted by Crippen LogP contribution is -2.35. The van der Waals surface area contributed by atoms with E-state index >= 15 is 0 Å². The fourth-order valence-corrected chi connectivity index (χ4v) is 9.72. The maximum Gasteiger partial charge on any atom is 0.345 e. The molecule has 4 aromatic rings. The van der Waals surface area contributed by atoms with Crippen molar-refractivity contribution in [2.75, 3.05) is 40.9 Å². The second kappa shape index (κ2) is 27.0. The van der Waals surface area contributed by atoms with Gasteiger partial charge in [0.15, 0.2) is 0 Å². The average molecular weight is 1190 g/mol. The zero-order chi connectivity index (χ0) is 59.3. The first kappa shape index (κ1) is 64.9. The highest BCUT2D eigenvalue weighted by atomic mass is 28.4. The van der Waals surface area contributed by atoms with Crippen LogP contribution in [0.3, 0.4) is 0 Å². The number of anilines is 6. The summed E-state index contributed by atoms with van der Waals surface area (Å²) in [5.74, 6) is -4.11. The van der Waals surface area contributed by atoms with Gasteiger partial charge in [-0.15, -0.1) is 0 Å². The lowest BCUT2D eigenvalue weighted by molar-refractivity contribution is -0.146. The Balaban J connectivity index is 1.73. The van der Waals surface area contributed by atoms with Gasteiger partial charge in [-0.25, -0.2) is 28.8 Å². The van der Waals surface area contributed by atoms with Crippen molar-refractivity contribution in [1.29, 1.82) is 0 Å². The molecule has 0 aliphatic heterocycles. The number of esters is 4. The van der Waals surface area contributed by atoms with E-state index in [0.29, 0.717) is 33.8 Å². The Morgan fingerprint density at radius 1 is 0.342 bits per heavy atom. The van der Waals surface area contributed by atoms with E-state index in [-0.39, 0.29) is 59.5 Å². The zero-order valence-electron chi connectivity index (χ0n) is 49.2. The Kier molecular flexibility index (Phi) is 22.2. The van der Waals surface area contributed by atoms with Gasteiger partial charge in [-0.3, -0.25) is 0 Å². The molecule has 0 atom stereocenters. The van der Waals surface area contributed by atoms with Gasteiger partial charge < -0.3 is 43.7 Å². The number of carbonyl (C=O) groups is 6. The molecule has 3 N–H and O–H groups in total. The molecule has 3 aromatic carbocycles. The first-order valence-corrected chi connectivity index (χ1v) is 47.6. The van der Waals surface area contributed by atoms with Gasteiger partial charge in [0.2, 0.25) is 34.5 Å². The van der Waals surface area contributed by atoms with E-state index in [1.54, 1.807) is 72.8 Å². The maximum atomic E-state index is 13.3. The third-order valence-electron chi connectivity index (χ3n) is 9.73. The van der Waals surface area contributed by atoms with Gasteiger partial charge in [0.1, 0.15) is 16.7 Å². The van der Waals surface area contributed by atoms with Gasteiger partial charge >= 0.3 is 35.8 Å². The number of aromatic nitrogens is 3. The quantitative estimate of drug-likeness (QED) is 0.0140. The molecule has 4 rings (SSSR count). The molecule has 426 valence electrons. The van der Waals surface area contributed by atoms with Crippen LogP contribution in [0.25, 0.3) is 18.2 Å². The largest absolute Gasteiger partial charge is 0.516 e. The fraction of sp³-hybridized carbons (Fsp3) is 0.400. The highest BCUT2D eigenvalue weighted by Crippen LogP contribution is 2.25.